The van der Waals surface area contributed by atoms with E-state index in [2.05, 4.69) is 5.32 Å². The van der Waals surface area contributed by atoms with Gasteiger partial charge >= 0.3 is 6.18 Å². The van der Waals surface area contributed by atoms with Crippen LogP contribution in [0.15, 0.2) is 18.2 Å². The molecule has 1 aliphatic rings. The number of carbonyl (C=O) groups excluding carboxylic acids is 2. The molecule has 2 rings (SSSR count). The highest BCUT2D eigenvalue weighted by molar-refractivity contribution is 6.00. The predicted octanol–water partition coefficient (Wildman–Crippen LogP) is 1.13. The van der Waals surface area contributed by atoms with E-state index < -0.39 is 29.6 Å². The van der Waals surface area contributed by atoms with Crippen molar-refractivity contribution in [2.75, 3.05) is 12.3 Å². The van der Waals surface area contributed by atoms with E-state index >= 15 is 0 Å². The van der Waals surface area contributed by atoms with Crippen molar-refractivity contribution < 1.29 is 22.8 Å². The lowest BCUT2D eigenvalue weighted by atomic mass is 10.0. The van der Waals surface area contributed by atoms with Crippen molar-refractivity contribution in [3.8, 4) is 0 Å². The molecule has 0 bridgehead atoms. The van der Waals surface area contributed by atoms with Gasteiger partial charge in [-0.25, -0.2) is 0 Å². The summed E-state index contributed by atoms with van der Waals surface area (Å²) in [6, 6.07) is 2.80. The molecule has 1 atom stereocenters. The lowest BCUT2D eigenvalue weighted by Gasteiger charge is -2.32. The topological polar surface area (TPSA) is 75.4 Å². The Hall–Kier alpha value is -2.09. The van der Waals surface area contributed by atoms with Crippen molar-refractivity contribution in [1.29, 1.82) is 0 Å². The van der Waals surface area contributed by atoms with Crippen molar-refractivity contribution in [2.45, 2.75) is 25.7 Å². The smallest absolute Gasteiger partial charge is 0.399 e. The number of halogens is 3. The van der Waals surface area contributed by atoms with E-state index in [1.807, 2.05) is 0 Å². The zero-order valence-corrected chi connectivity index (χ0v) is 11.2. The number of nitrogen functional groups attached to an aromatic ring is 1. The summed E-state index contributed by atoms with van der Waals surface area (Å²) in [6.45, 7) is 1.25. The summed E-state index contributed by atoms with van der Waals surface area (Å²) < 4.78 is 39.0. The molecule has 0 saturated carbocycles. The fourth-order valence-electron chi connectivity index (χ4n) is 2.18. The molecule has 0 radical (unpaired) electrons. The molecule has 0 spiro atoms. The third-order valence-corrected chi connectivity index (χ3v) is 3.35. The Bertz CT molecular complexity index is 587. The highest BCUT2D eigenvalue weighted by Gasteiger charge is 2.36. The first-order chi connectivity index (χ1) is 9.68. The number of nitrogens with one attached hydrogen (secondary N) is 1. The number of alkyl halides is 3. The number of hydrogen-bond acceptors (Lipinski definition) is 4. The van der Waals surface area contributed by atoms with Gasteiger partial charge in [-0.1, -0.05) is 6.07 Å². The normalized spacial score (nSPS) is 20.5. The molecule has 0 aliphatic carbocycles. The molecule has 2 amide bonds. The minimum absolute atomic E-state index is 0.00610. The van der Waals surface area contributed by atoms with Crippen LogP contribution in [0.5, 0.6) is 0 Å². The standard InChI is InChI=1S/C13H14F3N3O2/c1-7-12(21)18-11(20)6-19(7)5-8-2-3-9(17)4-10(8)13(14,15)16/h2-4,7H,5-6,17H2,1H3,(H,18,20,21). The van der Waals surface area contributed by atoms with Gasteiger partial charge in [0.15, 0.2) is 0 Å². The average molecular weight is 301 g/mol. The van der Waals surface area contributed by atoms with Crippen molar-refractivity contribution in [3.05, 3.63) is 29.3 Å². The lowest BCUT2D eigenvalue weighted by Crippen LogP contribution is -2.56. The maximum Gasteiger partial charge on any atom is 0.416 e. The zero-order chi connectivity index (χ0) is 15.8. The van der Waals surface area contributed by atoms with Gasteiger partial charge in [-0.3, -0.25) is 19.8 Å². The number of carbonyl (C=O) groups is 2. The van der Waals surface area contributed by atoms with Gasteiger partial charge in [0.1, 0.15) is 0 Å². The van der Waals surface area contributed by atoms with Gasteiger partial charge in [-0.2, -0.15) is 13.2 Å². The molecule has 3 N–H and O–H groups in total. The van der Waals surface area contributed by atoms with Crippen LogP contribution in [-0.2, 0) is 22.3 Å². The molecular formula is C13H14F3N3O2. The summed E-state index contributed by atoms with van der Waals surface area (Å²) in [4.78, 5) is 24.3. The van der Waals surface area contributed by atoms with Gasteiger partial charge in [0.25, 0.3) is 0 Å². The molecule has 5 nitrogen and oxygen atoms in total. The van der Waals surface area contributed by atoms with E-state index in [-0.39, 0.29) is 24.3 Å². The molecule has 1 saturated heterocycles. The van der Waals surface area contributed by atoms with E-state index in [0.29, 0.717) is 0 Å². The Labute approximate surface area is 118 Å². The van der Waals surface area contributed by atoms with Crippen LogP contribution >= 0.6 is 0 Å². The number of anilines is 1. The van der Waals surface area contributed by atoms with Gasteiger partial charge in [0, 0.05) is 12.2 Å². The molecule has 0 aromatic heterocycles. The molecule has 8 heteroatoms. The number of amides is 2. The fourth-order valence-corrected chi connectivity index (χ4v) is 2.18. The Morgan fingerprint density at radius 3 is 2.67 bits per heavy atom. The quantitative estimate of drug-likeness (QED) is 0.634. The summed E-state index contributed by atoms with van der Waals surface area (Å²) in [5.41, 5.74) is 4.53. The van der Waals surface area contributed by atoms with Crippen LogP contribution in [0.25, 0.3) is 0 Å². The zero-order valence-electron chi connectivity index (χ0n) is 11.2. The fraction of sp³-hybridized carbons (Fsp3) is 0.385. The van der Waals surface area contributed by atoms with Crippen LogP contribution in [0.1, 0.15) is 18.1 Å². The SMILES string of the molecule is CC1C(=O)NC(=O)CN1Cc1ccc(N)cc1C(F)(F)F. The van der Waals surface area contributed by atoms with E-state index in [9.17, 15) is 22.8 Å². The summed E-state index contributed by atoms with van der Waals surface area (Å²) in [5, 5.41) is 2.14. The number of hydrogen-bond donors (Lipinski definition) is 2. The number of nitrogens with two attached hydrogens (primary N) is 1. The van der Waals surface area contributed by atoms with Crippen molar-refractivity contribution in [3.63, 3.8) is 0 Å². The van der Waals surface area contributed by atoms with Crippen molar-refractivity contribution in [2.24, 2.45) is 0 Å². The Morgan fingerprint density at radius 1 is 1.38 bits per heavy atom. The van der Waals surface area contributed by atoms with Crippen LogP contribution < -0.4 is 11.1 Å². The second-order valence-electron chi connectivity index (χ2n) is 4.91. The van der Waals surface area contributed by atoms with Gasteiger partial charge in [-0.05, 0) is 24.6 Å². The summed E-state index contributed by atoms with van der Waals surface area (Å²) in [7, 11) is 0. The summed E-state index contributed by atoms with van der Waals surface area (Å²) in [5.74, 6) is -1.04. The third-order valence-electron chi connectivity index (χ3n) is 3.35. The molecule has 1 aliphatic heterocycles. The second-order valence-corrected chi connectivity index (χ2v) is 4.91. The Balaban J connectivity index is 2.31. The maximum absolute atomic E-state index is 13.0. The molecule has 21 heavy (non-hydrogen) atoms. The molecular weight excluding hydrogens is 287 g/mol. The maximum atomic E-state index is 13.0. The van der Waals surface area contributed by atoms with Crippen molar-refractivity contribution >= 4 is 17.5 Å². The largest absolute Gasteiger partial charge is 0.416 e. The van der Waals surface area contributed by atoms with Gasteiger partial charge in [0.2, 0.25) is 11.8 Å². The van der Waals surface area contributed by atoms with Gasteiger partial charge in [-0.15, -0.1) is 0 Å². The first kappa shape index (κ1) is 15.3. The number of piperazine rings is 1. The Kier molecular flexibility index (Phi) is 3.91. The molecule has 1 heterocycles. The molecule has 1 unspecified atom stereocenters. The third kappa shape index (κ3) is 3.33. The first-order valence-corrected chi connectivity index (χ1v) is 6.22. The van der Waals surface area contributed by atoms with E-state index in [4.69, 9.17) is 5.73 Å². The predicted molar refractivity (Wildman–Crippen MR) is 68.9 cm³/mol. The van der Waals surface area contributed by atoms with Crippen LogP contribution in [0.2, 0.25) is 0 Å². The summed E-state index contributed by atoms with van der Waals surface area (Å²) >= 11 is 0. The summed E-state index contributed by atoms with van der Waals surface area (Å²) in [6.07, 6.45) is -4.55. The average Bonchev–Trinajstić information content (AvgIpc) is 2.36. The lowest BCUT2D eigenvalue weighted by molar-refractivity contribution is -0.140. The molecule has 1 aromatic carbocycles. The van der Waals surface area contributed by atoms with E-state index in [0.717, 1.165) is 6.07 Å². The van der Waals surface area contributed by atoms with Gasteiger partial charge < -0.3 is 5.73 Å². The highest BCUT2D eigenvalue weighted by Crippen LogP contribution is 2.34. The van der Waals surface area contributed by atoms with Crippen LogP contribution in [0.4, 0.5) is 18.9 Å². The number of imide groups is 1. The number of rotatable bonds is 2. The minimum Gasteiger partial charge on any atom is -0.399 e. The van der Waals surface area contributed by atoms with Gasteiger partial charge in [0.05, 0.1) is 18.2 Å². The van der Waals surface area contributed by atoms with Crippen LogP contribution in [0.3, 0.4) is 0 Å². The molecule has 1 fully saturated rings. The monoisotopic (exact) mass is 301 g/mol. The highest BCUT2D eigenvalue weighted by atomic mass is 19.4. The van der Waals surface area contributed by atoms with Crippen molar-refractivity contribution in [1.82, 2.24) is 10.2 Å². The first-order valence-electron chi connectivity index (χ1n) is 6.22. The molecule has 114 valence electrons. The molecule has 1 aromatic rings. The second kappa shape index (κ2) is 5.36. The van der Waals surface area contributed by atoms with Crippen LogP contribution in [0, 0.1) is 0 Å². The Morgan fingerprint density at radius 2 is 2.05 bits per heavy atom. The van der Waals surface area contributed by atoms with E-state index in [1.54, 1.807) is 0 Å². The van der Waals surface area contributed by atoms with E-state index in [1.165, 1.54) is 24.0 Å². The number of benzene rings is 1. The van der Waals surface area contributed by atoms with Crippen LogP contribution in [-0.4, -0.2) is 29.3 Å². The number of nitrogens with zero attached hydrogens (tertiary/aromatic N) is 1. The minimum atomic E-state index is -4.55.